The predicted octanol–water partition coefficient (Wildman–Crippen LogP) is 3.83. The average Bonchev–Trinajstić information content (AvgIpc) is 2.61. The first-order chi connectivity index (χ1) is 7.27. The Morgan fingerprint density at radius 3 is 2.60 bits per heavy atom. The summed E-state index contributed by atoms with van der Waals surface area (Å²) in [6.07, 6.45) is 8.13. The fraction of sp³-hybridized carbons (Fsp3) is 1.00. The van der Waals surface area contributed by atoms with Gasteiger partial charge in [-0.15, -0.1) is 0 Å². The van der Waals surface area contributed by atoms with Crippen LogP contribution < -0.4 is 5.32 Å². The molecule has 2 heteroatoms. The number of nitrogens with one attached hydrogen (secondary N) is 1. The molecule has 1 heterocycles. The zero-order valence-corrected chi connectivity index (χ0v) is 11.4. The van der Waals surface area contributed by atoms with Gasteiger partial charge in [0.15, 0.2) is 0 Å². The first-order valence-corrected chi connectivity index (χ1v) is 7.70. The van der Waals surface area contributed by atoms with Gasteiger partial charge in [-0.1, -0.05) is 40.0 Å². The summed E-state index contributed by atoms with van der Waals surface area (Å²) in [5, 5.41) is 4.71. The van der Waals surface area contributed by atoms with Crippen molar-refractivity contribution in [2.45, 2.75) is 76.6 Å². The van der Waals surface area contributed by atoms with E-state index in [1.807, 2.05) is 0 Å². The van der Waals surface area contributed by atoms with Crippen LogP contribution in [0, 0.1) is 0 Å². The molecule has 0 amide bonds. The van der Waals surface area contributed by atoms with E-state index in [0.717, 1.165) is 17.3 Å². The van der Waals surface area contributed by atoms with Crippen molar-refractivity contribution in [2.24, 2.45) is 0 Å². The van der Waals surface area contributed by atoms with Gasteiger partial charge in [0, 0.05) is 17.3 Å². The fourth-order valence-corrected chi connectivity index (χ4v) is 3.57. The Labute approximate surface area is 99.8 Å². The highest BCUT2D eigenvalue weighted by atomic mass is 32.2. The van der Waals surface area contributed by atoms with Crippen molar-refractivity contribution in [3.05, 3.63) is 0 Å². The fourth-order valence-electron chi connectivity index (χ4n) is 2.36. The zero-order valence-electron chi connectivity index (χ0n) is 10.6. The molecule has 0 radical (unpaired) electrons. The summed E-state index contributed by atoms with van der Waals surface area (Å²) in [5.41, 5.74) is 0. The molecule has 3 unspecified atom stereocenters. The molecule has 1 nitrogen and oxygen atoms in total. The van der Waals surface area contributed by atoms with Crippen LogP contribution in [0.3, 0.4) is 0 Å². The summed E-state index contributed by atoms with van der Waals surface area (Å²) < 4.78 is 0. The molecule has 3 atom stereocenters. The van der Waals surface area contributed by atoms with Crippen molar-refractivity contribution in [1.29, 1.82) is 0 Å². The molecule has 0 aromatic carbocycles. The summed E-state index contributed by atoms with van der Waals surface area (Å²) in [7, 11) is 0. The lowest BCUT2D eigenvalue weighted by Gasteiger charge is -2.25. The smallest absolute Gasteiger partial charge is 0.0194 e. The Hall–Kier alpha value is 0.310. The highest BCUT2D eigenvalue weighted by Gasteiger charge is 2.25. The maximum atomic E-state index is 3.88. The van der Waals surface area contributed by atoms with Crippen LogP contribution >= 0.6 is 11.8 Å². The van der Waals surface area contributed by atoms with E-state index < -0.39 is 0 Å². The van der Waals surface area contributed by atoms with E-state index in [2.05, 4.69) is 37.8 Å². The quantitative estimate of drug-likeness (QED) is 0.712. The van der Waals surface area contributed by atoms with Crippen molar-refractivity contribution < 1.29 is 0 Å². The minimum atomic E-state index is 0.779. The number of unbranched alkanes of at least 4 members (excludes halogenated alkanes) is 1. The van der Waals surface area contributed by atoms with Crippen molar-refractivity contribution in [1.82, 2.24) is 5.32 Å². The van der Waals surface area contributed by atoms with Crippen molar-refractivity contribution in [3.8, 4) is 0 Å². The van der Waals surface area contributed by atoms with Crippen molar-refractivity contribution >= 4 is 11.8 Å². The highest BCUT2D eigenvalue weighted by molar-refractivity contribution is 8.00. The molecule has 0 spiro atoms. The lowest BCUT2D eigenvalue weighted by Crippen LogP contribution is -2.41. The third-order valence-corrected chi connectivity index (χ3v) is 4.70. The first kappa shape index (κ1) is 13.4. The molecular formula is C13H27NS. The summed E-state index contributed by atoms with van der Waals surface area (Å²) in [6, 6.07) is 1.56. The number of hydrogen-bond donors (Lipinski definition) is 1. The predicted molar refractivity (Wildman–Crippen MR) is 71.7 cm³/mol. The summed E-state index contributed by atoms with van der Waals surface area (Å²) in [4.78, 5) is 0. The molecule has 1 saturated heterocycles. The summed E-state index contributed by atoms with van der Waals surface area (Å²) in [5.74, 6) is 1.35. The number of thioether (sulfide) groups is 1. The second kappa shape index (κ2) is 7.56. The molecule has 1 rings (SSSR count). The second-order valence-electron chi connectivity index (χ2n) is 4.77. The van der Waals surface area contributed by atoms with Gasteiger partial charge in [-0.05, 0) is 25.0 Å². The van der Waals surface area contributed by atoms with Crippen LogP contribution in [0.15, 0.2) is 0 Å². The standard InChI is InChI=1S/C13H27NS/c1-4-6-8-12(7-5-2)14-13-9-10-15-11(13)3/h11-14H,4-10H2,1-3H3. The SMILES string of the molecule is CCCCC(CCC)NC1CCSC1C. The molecule has 0 saturated carbocycles. The Balaban J connectivity index is 2.28. The van der Waals surface area contributed by atoms with Gasteiger partial charge in [0.25, 0.3) is 0 Å². The molecule has 1 N–H and O–H groups in total. The number of rotatable bonds is 7. The largest absolute Gasteiger partial charge is 0.310 e. The van der Waals surface area contributed by atoms with Crippen LogP contribution in [0.2, 0.25) is 0 Å². The third kappa shape index (κ3) is 4.78. The Bertz CT molecular complexity index is 161. The van der Waals surface area contributed by atoms with Gasteiger partial charge in [-0.2, -0.15) is 11.8 Å². The van der Waals surface area contributed by atoms with E-state index >= 15 is 0 Å². The van der Waals surface area contributed by atoms with E-state index in [9.17, 15) is 0 Å². The molecule has 1 aliphatic heterocycles. The van der Waals surface area contributed by atoms with E-state index in [-0.39, 0.29) is 0 Å². The maximum Gasteiger partial charge on any atom is 0.0194 e. The Morgan fingerprint density at radius 2 is 2.07 bits per heavy atom. The van der Waals surface area contributed by atoms with Crippen molar-refractivity contribution in [3.63, 3.8) is 0 Å². The summed E-state index contributed by atoms with van der Waals surface area (Å²) >= 11 is 2.13. The van der Waals surface area contributed by atoms with Gasteiger partial charge in [0.05, 0.1) is 0 Å². The van der Waals surface area contributed by atoms with Gasteiger partial charge in [0.1, 0.15) is 0 Å². The average molecular weight is 229 g/mol. The van der Waals surface area contributed by atoms with E-state index in [1.165, 1.54) is 44.3 Å². The van der Waals surface area contributed by atoms with Crippen LogP contribution in [0.5, 0.6) is 0 Å². The molecule has 0 aliphatic carbocycles. The van der Waals surface area contributed by atoms with Crippen LogP contribution in [0.1, 0.15) is 59.3 Å². The molecule has 90 valence electrons. The lowest BCUT2D eigenvalue weighted by atomic mass is 10.0. The maximum absolute atomic E-state index is 3.88. The van der Waals surface area contributed by atoms with Gasteiger partial charge in [-0.25, -0.2) is 0 Å². The van der Waals surface area contributed by atoms with Gasteiger partial charge in [-0.3, -0.25) is 0 Å². The highest BCUT2D eigenvalue weighted by Crippen LogP contribution is 2.27. The topological polar surface area (TPSA) is 12.0 Å². The van der Waals surface area contributed by atoms with Crippen LogP contribution in [0.25, 0.3) is 0 Å². The van der Waals surface area contributed by atoms with Gasteiger partial charge in [0.2, 0.25) is 0 Å². The molecular weight excluding hydrogens is 202 g/mol. The van der Waals surface area contributed by atoms with Crippen LogP contribution in [0.4, 0.5) is 0 Å². The molecule has 15 heavy (non-hydrogen) atoms. The van der Waals surface area contributed by atoms with E-state index in [4.69, 9.17) is 0 Å². The monoisotopic (exact) mass is 229 g/mol. The van der Waals surface area contributed by atoms with Gasteiger partial charge >= 0.3 is 0 Å². The minimum Gasteiger partial charge on any atom is -0.310 e. The van der Waals surface area contributed by atoms with Crippen LogP contribution in [-0.4, -0.2) is 23.1 Å². The Kier molecular flexibility index (Phi) is 6.74. The lowest BCUT2D eigenvalue weighted by molar-refractivity contribution is 0.377. The van der Waals surface area contributed by atoms with E-state index in [0.29, 0.717) is 0 Å². The normalized spacial score (nSPS) is 28.2. The van der Waals surface area contributed by atoms with Crippen molar-refractivity contribution in [2.75, 3.05) is 5.75 Å². The third-order valence-electron chi connectivity index (χ3n) is 3.37. The molecule has 0 bridgehead atoms. The zero-order chi connectivity index (χ0) is 11.1. The number of hydrogen-bond acceptors (Lipinski definition) is 2. The second-order valence-corrected chi connectivity index (χ2v) is 6.25. The first-order valence-electron chi connectivity index (χ1n) is 6.65. The summed E-state index contributed by atoms with van der Waals surface area (Å²) in [6.45, 7) is 6.96. The van der Waals surface area contributed by atoms with E-state index in [1.54, 1.807) is 0 Å². The molecule has 0 aromatic rings. The van der Waals surface area contributed by atoms with Crippen LogP contribution in [-0.2, 0) is 0 Å². The minimum absolute atomic E-state index is 0.779. The Morgan fingerprint density at radius 1 is 1.27 bits per heavy atom. The molecule has 0 aromatic heterocycles. The van der Waals surface area contributed by atoms with Gasteiger partial charge < -0.3 is 5.32 Å². The molecule has 1 aliphatic rings. The molecule has 1 fully saturated rings.